The van der Waals surface area contributed by atoms with Crippen LogP contribution in [0.4, 0.5) is 41.1 Å². The molecule has 0 radical (unpaired) electrons. The van der Waals surface area contributed by atoms with Crippen LogP contribution in [0.2, 0.25) is 0 Å². The van der Waals surface area contributed by atoms with Gasteiger partial charge in [0.2, 0.25) is 29.7 Å². The van der Waals surface area contributed by atoms with Crippen LogP contribution in [-0.4, -0.2) is 117 Å². The molecule has 0 saturated carbocycles. The fourth-order valence-electron chi connectivity index (χ4n) is 3.23. The standard InChI is InChI=1S/C20H29N11O9S2.2Na/c32-8-6-31(7-9-33)19-27-15(21-4-10-41(35,36)37)25-17(28-19)23-13-2-1-3-14(12-13)24-18-26-16(29-20(34)30-18)22-5-11-42(38,39)40;;/h1-3,12,32-33H,4-11H2,(H,35,36,37)(H,38,39,40)(H2,21,23,25,27,28)(H3,22,24,26,29,30,34);;/q;2*+1/p-2. The quantitative estimate of drug-likeness (QED) is 0.0516. The molecular weight excluding hydrogens is 648 g/mol. The summed E-state index contributed by atoms with van der Waals surface area (Å²) in [6, 6.07) is 6.48. The molecule has 0 spiro atoms. The molecule has 0 aliphatic carbocycles. The fraction of sp³-hybridized carbons (Fsp3) is 0.400. The molecule has 0 unspecified atom stereocenters. The van der Waals surface area contributed by atoms with Crippen LogP contribution in [0.25, 0.3) is 0 Å². The van der Waals surface area contributed by atoms with Crippen molar-refractivity contribution in [3.63, 3.8) is 0 Å². The third kappa shape index (κ3) is 14.7. The maximum Gasteiger partial charge on any atom is 1.00 e. The second-order valence-corrected chi connectivity index (χ2v) is 11.3. The smallest absolute Gasteiger partial charge is 0.748 e. The molecule has 44 heavy (non-hydrogen) atoms. The van der Waals surface area contributed by atoms with Crippen molar-refractivity contribution in [2.24, 2.45) is 0 Å². The summed E-state index contributed by atoms with van der Waals surface area (Å²) in [6.45, 7) is -1.01. The van der Waals surface area contributed by atoms with Crippen LogP contribution in [0.1, 0.15) is 0 Å². The van der Waals surface area contributed by atoms with Crippen LogP contribution in [0, 0.1) is 0 Å². The molecule has 230 valence electrons. The first-order chi connectivity index (χ1) is 19.8. The Hall–Kier alpha value is -2.22. The molecule has 0 aliphatic heterocycles. The molecule has 0 fully saturated rings. The second-order valence-electron chi connectivity index (χ2n) is 8.25. The molecule has 1 aromatic carbocycles. The monoisotopic (exact) mass is 675 g/mol. The molecule has 20 nitrogen and oxygen atoms in total. The Bertz CT molecular complexity index is 1630. The maximum atomic E-state index is 11.9. The van der Waals surface area contributed by atoms with Gasteiger partial charge in [0.25, 0.3) is 0 Å². The van der Waals surface area contributed by atoms with Gasteiger partial charge in [0.1, 0.15) is 0 Å². The zero-order valence-corrected chi connectivity index (χ0v) is 29.4. The number of nitrogens with zero attached hydrogens (tertiary/aromatic N) is 6. The van der Waals surface area contributed by atoms with E-state index >= 15 is 0 Å². The van der Waals surface area contributed by atoms with Crippen molar-refractivity contribution >= 4 is 61.4 Å². The number of aromatic amines is 1. The summed E-state index contributed by atoms with van der Waals surface area (Å²) >= 11 is 0. The molecule has 2 aromatic heterocycles. The van der Waals surface area contributed by atoms with Crippen molar-refractivity contribution < 1.29 is 95.3 Å². The first kappa shape index (κ1) is 39.8. The number of benzene rings is 1. The molecule has 24 heteroatoms. The summed E-state index contributed by atoms with van der Waals surface area (Å²) in [5.74, 6) is -1.76. The Balaban J connectivity index is 0.00000484. The van der Waals surface area contributed by atoms with E-state index < -0.39 is 37.4 Å². The SMILES string of the molecule is O=c1nc(NCCS(=O)(=O)[O-])nc(Nc2cccc(Nc3nc(NCCS(=O)(=O)[O-])nc(N(CCO)CCO)n3)c2)[nH]1.[Na+].[Na+]. The third-order valence-corrected chi connectivity index (χ3v) is 6.36. The zero-order valence-electron chi connectivity index (χ0n) is 23.7. The van der Waals surface area contributed by atoms with Crippen molar-refractivity contribution in [2.45, 2.75) is 0 Å². The molecule has 0 atom stereocenters. The summed E-state index contributed by atoms with van der Waals surface area (Å²) in [7, 11) is -8.98. The number of aliphatic hydroxyl groups excluding tert-OH is 2. The van der Waals surface area contributed by atoms with Gasteiger partial charge in [-0.3, -0.25) is 4.98 Å². The summed E-state index contributed by atoms with van der Waals surface area (Å²) in [5.41, 5.74) is 0.0431. The number of hydrogen-bond donors (Lipinski definition) is 7. The van der Waals surface area contributed by atoms with Gasteiger partial charge < -0.3 is 45.5 Å². The van der Waals surface area contributed by atoms with E-state index in [2.05, 4.69) is 51.2 Å². The predicted molar refractivity (Wildman–Crippen MR) is 148 cm³/mol. The second kappa shape index (κ2) is 18.7. The van der Waals surface area contributed by atoms with Crippen molar-refractivity contribution in [1.82, 2.24) is 29.9 Å². The summed E-state index contributed by atoms with van der Waals surface area (Å²) in [5, 5.41) is 29.7. The van der Waals surface area contributed by atoms with Crippen LogP contribution in [-0.2, 0) is 20.2 Å². The topological polar surface area (TPSA) is 304 Å². The van der Waals surface area contributed by atoms with Gasteiger partial charge in [-0.1, -0.05) is 6.07 Å². The van der Waals surface area contributed by atoms with Gasteiger partial charge in [-0.2, -0.15) is 24.9 Å². The molecule has 0 amide bonds. The van der Waals surface area contributed by atoms with E-state index in [0.717, 1.165) is 0 Å². The van der Waals surface area contributed by atoms with Gasteiger partial charge in [0.05, 0.1) is 45.0 Å². The molecular formula is C20H27N11Na2O9S2. The Morgan fingerprint density at radius 2 is 1.30 bits per heavy atom. The minimum atomic E-state index is -4.50. The first-order valence-electron chi connectivity index (χ1n) is 12.0. The Labute approximate surface area is 296 Å². The first-order valence-corrected chi connectivity index (χ1v) is 15.2. The van der Waals surface area contributed by atoms with Crippen LogP contribution in [0.5, 0.6) is 0 Å². The van der Waals surface area contributed by atoms with Gasteiger partial charge in [0.15, 0.2) is 0 Å². The Kier molecular flexibility index (Phi) is 16.9. The summed E-state index contributed by atoms with van der Waals surface area (Å²) in [6.07, 6.45) is 0. The zero-order chi connectivity index (χ0) is 30.8. The number of anilines is 7. The van der Waals surface area contributed by atoms with E-state index in [9.17, 15) is 40.9 Å². The van der Waals surface area contributed by atoms with Gasteiger partial charge in [-0.05, 0) is 18.2 Å². The van der Waals surface area contributed by atoms with E-state index in [1.807, 2.05) is 0 Å². The molecule has 0 aliphatic rings. The number of H-pyrrole nitrogens is 1. The molecule has 3 rings (SSSR count). The van der Waals surface area contributed by atoms with Crippen molar-refractivity contribution in [1.29, 1.82) is 0 Å². The van der Waals surface area contributed by atoms with Crippen molar-refractivity contribution in [3.8, 4) is 0 Å². The molecule has 0 bridgehead atoms. The van der Waals surface area contributed by atoms with E-state index in [-0.39, 0.29) is 128 Å². The number of hydrogen-bond acceptors (Lipinski definition) is 19. The van der Waals surface area contributed by atoms with E-state index in [0.29, 0.717) is 11.4 Å². The van der Waals surface area contributed by atoms with E-state index in [1.165, 1.54) is 4.90 Å². The molecule has 7 N–H and O–H groups in total. The van der Waals surface area contributed by atoms with Crippen molar-refractivity contribution in [2.75, 3.05) is 77.1 Å². The number of nitrogens with one attached hydrogen (secondary N) is 5. The Morgan fingerprint density at radius 3 is 1.84 bits per heavy atom. The average Bonchev–Trinajstić information content (AvgIpc) is 2.87. The largest absolute Gasteiger partial charge is 1.00 e. The molecule has 2 heterocycles. The van der Waals surface area contributed by atoms with Crippen LogP contribution < -0.4 is 91.0 Å². The minimum Gasteiger partial charge on any atom is -0.748 e. The summed E-state index contributed by atoms with van der Waals surface area (Å²) in [4.78, 5) is 36.0. The molecule has 0 saturated heterocycles. The van der Waals surface area contributed by atoms with E-state index in [4.69, 9.17) is 0 Å². The van der Waals surface area contributed by atoms with Crippen molar-refractivity contribution in [3.05, 3.63) is 34.7 Å². The van der Waals surface area contributed by atoms with Crippen LogP contribution in [0.3, 0.4) is 0 Å². The van der Waals surface area contributed by atoms with Crippen LogP contribution >= 0.6 is 0 Å². The predicted octanol–water partition coefficient (Wildman–Crippen LogP) is -8.45. The van der Waals surface area contributed by atoms with Gasteiger partial charge >= 0.3 is 64.8 Å². The average molecular weight is 676 g/mol. The van der Waals surface area contributed by atoms with Crippen LogP contribution in [0.15, 0.2) is 29.1 Å². The summed E-state index contributed by atoms with van der Waals surface area (Å²) < 4.78 is 65.2. The third-order valence-electron chi connectivity index (χ3n) is 4.95. The normalized spacial score (nSPS) is 11.1. The number of aromatic nitrogens is 6. The minimum absolute atomic E-state index is 0. The number of aliphatic hydroxyl groups is 2. The van der Waals surface area contributed by atoms with Gasteiger partial charge in [0, 0.05) is 37.6 Å². The van der Waals surface area contributed by atoms with Gasteiger partial charge in [-0.25, -0.2) is 21.6 Å². The molecule has 3 aromatic rings. The number of rotatable bonds is 17. The fourth-order valence-corrected chi connectivity index (χ4v) is 3.94. The Morgan fingerprint density at radius 1 is 0.773 bits per heavy atom. The van der Waals surface area contributed by atoms with Gasteiger partial charge in [-0.15, -0.1) is 0 Å². The maximum absolute atomic E-state index is 11.9. The van der Waals surface area contributed by atoms with E-state index in [1.54, 1.807) is 24.3 Å².